The van der Waals surface area contributed by atoms with Gasteiger partial charge in [0.25, 0.3) is 0 Å². The number of hydrogen-bond donors (Lipinski definition) is 0. The molecule has 0 aromatic heterocycles. The second-order valence-corrected chi connectivity index (χ2v) is 0.149. The van der Waals surface area contributed by atoms with Crippen molar-refractivity contribution in [2.75, 3.05) is 0 Å². The van der Waals surface area contributed by atoms with Crippen LogP contribution in [0.25, 0.3) is 5.59 Å². The largest absolute Gasteiger partial charge is 3.00 e. The molecule has 0 atom stereocenters. The fourth-order valence-corrected chi connectivity index (χ4v) is 0. The minimum Gasteiger partial charge on any atom is -0.577 e. The Morgan fingerprint density at radius 2 is 1.00 bits per heavy atom. The summed E-state index contributed by atoms with van der Waals surface area (Å²) in [5.74, 6) is 0. The Labute approximate surface area is 61.6 Å². The molecule has 0 heterocycles. The van der Waals surface area contributed by atoms with Gasteiger partial charge in [0.2, 0.25) is 0 Å². The van der Waals surface area contributed by atoms with Crippen molar-refractivity contribution >= 4 is 0 Å². The van der Waals surface area contributed by atoms with Crippen LogP contribution in [0, 0.1) is 25.1 Å². The number of nitrogens with zero attached hydrogens (tertiary/aromatic N) is 3. The average molecular weight is 223 g/mol. The Balaban J connectivity index is -0.0000000202. The maximum absolute atomic E-state index is 8.00. The van der Waals surface area contributed by atoms with Crippen LogP contribution in [0.3, 0.4) is 0 Å². The third-order valence-electron chi connectivity index (χ3n) is 0. The number of rotatable bonds is 0. The molecule has 0 aliphatic carbocycles. The Morgan fingerprint density at radius 1 is 1.00 bits per heavy atom. The molecule has 9 heteroatoms. The van der Waals surface area contributed by atoms with Crippen molar-refractivity contribution in [3.05, 3.63) is 30.7 Å². The first-order chi connectivity index (χ1) is 3.83. The van der Waals surface area contributed by atoms with E-state index in [-0.39, 0.29) is 19.5 Å². The van der Waals surface area contributed by atoms with E-state index in [1.165, 1.54) is 0 Å². The van der Waals surface area contributed by atoms with Gasteiger partial charge in [-0.2, -0.15) is 0 Å². The van der Waals surface area contributed by atoms with E-state index < -0.39 is 0 Å². The summed E-state index contributed by atoms with van der Waals surface area (Å²) in [5.41, 5.74) is 5.75. The van der Waals surface area contributed by atoms with Crippen molar-refractivity contribution in [3.8, 4) is 0 Å². The second kappa shape index (κ2) is 243. The molecule has 8 nitrogen and oxygen atoms in total. The topological polar surface area (TPSA) is 144 Å². The van der Waals surface area contributed by atoms with Gasteiger partial charge in [0.1, 0.15) is 0 Å². The molecule has 0 unspecified atom stereocenters. The first kappa shape index (κ1) is 24.4. The third kappa shape index (κ3) is 186. The molecular weight excluding hydrogens is 223 g/mol. The molecular formula is N3O5Ru. The molecule has 0 saturated heterocycles. The van der Waals surface area contributed by atoms with Crippen molar-refractivity contribution in [2.45, 2.75) is 0 Å². The summed E-state index contributed by atoms with van der Waals surface area (Å²) in [7, 11) is 0. The molecule has 0 rings (SSSR count). The molecule has 9 heavy (non-hydrogen) atoms. The van der Waals surface area contributed by atoms with Crippen LogP contribution in [0.5, 0.6) is 0 Å². The Morgan fingerprint density at radius 3 is 1.00 bits per heavy atom. The molecule has 53 valence electrons. The van der Waals surface area contributed by atoms with Crippen molar-refractivity contribution < 1.29 is 19.5 Å². The number of nitroso groups, excluding NO2 is 1. The fourth-order valence-electron chi connectivity index (χ4n) is 0. The van der Waals surface area contributed by atoms with Gasteiger partial charge < -0.3 is 30.7 Å². The van der Waals surface area contributed by atoms with Gasteiger partial charge in [-0.05, 0) is 0 Å². The van der Waals surface area contributed by atoms with Gasteiger partial charge in [-0.15, -0.1) is 10.7 Å². The zero-order chi connectivity index (χ0) is 7.41. The summed E-state index contributed by atoms with van der Waals surface area (Å²) in [5, 5.41) is 18.0. The number of hydrogen-bond acceptors (Lipinski definition) is 7. The summed E-state index contributed by atoms with van der Waals surface area (Å²) in [6, 6.07) is 0. The third-order valence-corrected chi connectivity index (χ3v) is 0. The average Bonchev–Trinajstić information content (AvgIpc) is 1.75. The van der Waals surface area contributed by atoms with E-state index in [1.807, 2.05) is 0 Å². The molecule has 0 aliphatic heterocycles. The van der Waals surface area contributed by atoms with Gasteiger partial charge in [-0.1, -0.05) is 0 Å². The predicted octanol–water partition coefficient (Wildman–Crippen LogP) is 0.821. The van der Waals surface area contributed by atoms with Crippen molar-refractivity contribution in [2.24, 2.45) is 10.7 Å². The van der Waals surface area contributed by atoms with Gasteiger partial charge >= 0.3 is 19.5 Å². The van der Waals surface area contributed by atoms with E-state index in [0.717, 1.165) is 10.7 Å². The van der Waals surface area contributed by atoms with E-state index in [1.54, 1.807) is 0 Å². The van der Waals surface area contributed by atoms with Gasteiger partial charge in [-0.25, -0.2) is 0 Å². The van der Waals surface area contributed by atoms with Gasteiger partial charge in [0.15, 0.2) is 0 Å². The normalized spacial score (nSPS) is 3.11. The van der Waals surface area contributed by atoms with Crippen LogP contribution in [-0.2, 0) is 19.5 Å². The van der Waals surface area contributed by atoms with Crippen LogP contribution < -0.4 is 0 Å². The van der Waals surface area contributed by atoms with Crippen molar-refractivity contribution in [1.29, 1.82) is 0 Å². The minimum atomic E-state index is 0. The van der Waals surface area contributed by atoms with E-state index >= 15 is 0 Å². The molecule has 0 fully saturated rings. The van der Waals surface area contributed by atoms with Gasteiger partial charge in [0.05, 0.1) is 0 Å². The summed E-state index contributed by atoms with van der Waals surface area (Å²) in [4.78, 5) is 23.2. The van der Waals surface area contributed by atoms with Crippen molar-refractivity contribution in [3.63, 3.8) is 0 Å². The summed E-state index contributed by atoms with van der Waals surface area (Å²) in [6.07, 6.45) is 0. The van der Waals surface area contributed by atoms with Crippen LogP contribution in [-0.4, -0.2) is 0 Å². The zero-order valence-electron chi connectivity index (χ0n) is 3.74. The van der Waals surface area contributed by atoms with Crippen LogP contribution in [0.15, 0.2) is 10.7 Å². The minimum absolute atomic E-state index is 0. The quantitative estimate of drug-likeness (QED) is 0.339. The molecule has 0 saturated carbocycles. The summed E-state index contributed by atoms with van der Waals surface area (Å²) >= 11 is 0. The monoisotopic (exact) mass is 224 g/mol. The van der Waals surface area contributed by atoms with Crippen LogP contribution in [0.1, 0.15) is 0 Å². The van der Waals surface area contributed by atoms with E-state index in [4.69, 9.17) is 30.7 Å². The second-order valence-electron chi connectivity index (χ2n) is 0.149. The molecule has 0 bridgehead atoms. The standard InChI is InChI=1S/2HNO2.NO.Ru/c2*2-1-3;1-2;/h2*(H,2,3);;/q;;-1;+3/p-2. The first-order valence-corrected chi connectivity index (χ1v) is 0.913. The maximum atomic E-state index is 8.00. The fraction of sp³-hybridized carbons (Fsp3) is 0. The maximum Gasteiger partial charge on any atom is 3.00 e. The zero-order valence-corrected chi connectivity index (χ0v) is 5.47. The van der Waals surface area contributed by atoms with E-state index in [0.29, 0.717) is 0 Å². The van der Waals surface area contributed by atoms with Crippen molar-refractivity contribution in [1.82, 2.24) is 0 Å². The summed E-state index contributed by atoms with van der Waals surface area (Å²) < 4.78 is 0. The molecule has 0 aromatic carbocycles. The molecule has 0 N–H and O–H groups in total. The molecule has 1 radical (unpaired) electrons. The molecule has 0 spiro atoms. The van der Waals surface area contributed by atoms with Crippen LogP contribution in [0.4, 0.5) is 0 Å². The SMILES string of the molecule is O=N[O-].O=N[O-].[N-]=O.[Ru+3]. The Kier molecular flexibility index (Phi) is 661. The van der Waals surface area contributed by atoms with Crippen LogP contribution >= 0.6 is 0 Å². The van der Waals surface area contributed by atoms with Crippen LogP contribution in [0.2, 0.25) is 0 Å². The Bertz CT molecular complexity index is 41.5. The summed E-state index contributed by atoms with van der Waals surface area (Å²) in [6.45, 7) is 0. The van der Waals surface area contributed by atoms with E-state index in [2.05, 4.69) is 0 Å². The smallest absolute Gasteiger partial charge is 0.577 e. The predicted molar refractivity (Wildman–Crippen MR) is 25.1 cm³/mol. The Hall–Kier alpha value is -0.977. The first-order valence-electron chi connectivity index (χ1n) is 0.913. The molecule has 0 aromatic rings. The van der Waals surface area contributed by atoms with Gasteiger partial charge in [0, 0.05) is 0 Å². The van der Waals surface area contributed by atoms with E-state index in [9.17, 15) is 0 Å². The molecule has 0 aliphatic rings. The van der Waals surface area contributed by atoms with Gasteiger partial charge in [-0.3, -0.25) is 0 Å². The molecule has 0 amide bonds.